The number of unbranched alkanes of at least 4 members (excludes halogenated alkanes) is 5. The Morgan fingerprint density at radius 2 is 0.894 bits per heavy atom. The third-order valence-electron chi connectivity index (χ3n) is 21.9. The third kappa shape index (κ3) is 103. The van der Waals surface area contributed by atoms with Crippen molar-refractivity contribution in [3.05, 3.63) is 107 Å². The van der Waals surface area contributed by atoms with Crippen LogP contribution < -0.4 is 96.7 Å². The van der Waals surface area contributed by atoms with Crippen LogP contribution in [0.25, 0.3) is 0 Å². The molecule has 0 saturated heterocycles. The number of aliphatic hydroxyl groups is 5. The van der Waals surface area contributed by atoms with Crippen molar-refractivity contribution < 1.29 is 216 Å². The summed E-state index contributed by atoms with van der Waals surface area (Å²) in [5, 5.41) is 64.4. The van der Waals surface area contributed by atoms with Gasteiger partial charge in [0.1, 0.15) is 0 Å². The van der Waals surface area contributed by atoms with Gasteiger partial charge in [-0.2, -0.15) is 67.3 Å². The molecule has 0 aliphatic heterocycles. The van der Waals surface area contributed by atoms with Gasteiger partial charge in [0.25, 0.3) is 80.9 Å². The predicted octanol–water partition coefficient (Wildman–Crippen LogP) is 1.60. The molecule has 0 aromatic heterocycles. The summed E-state index contributed by atoms with van der Waals surface area (Å²) >= 11 is 0. The number of nitrogens with two attached hydrogens (primary N) is 1. The fraction of sp³-hybridized carbons (Fsp3) is 0.775. The van der Waals surface area contributed by atoms with E-state index in [1.807, 2.05) is 127 Å². The minimum atomic E-state index is -4.10. The molecule has 42 nitrogen and oxygen atoms in total. The predicted molar refractivity (Wildman–Crippen MR) is 544 cm³/mol. The van der Waals surface area contributed by atoms with Crippen molar-refractivity contribution in [1.29, 1.82) is 0 Å². The molecule has 1 amide bonds. The van der Waals surface area contributed by atoms with Gasteiger partial charge in [-0.3, -0.25) is 47.5 Å². The molecule has 828 valence electrons. The zero-order chi connectivity index (χ0) is 107. The van der Waals surface area contributed by atoms with Crippen LogP contribution >= 0.6 is 0 Å². The van der Waals surface area contributed by atoms with Crippen LogP contribution in [-0.2, 0) is 120 Å². The molecule has 0 spiro atoms. The van der Waals surface area contributed by atoms with Crippen molar-refractivity contribution in [3.8, 4) is 0 Å². The Hall–Kier alpha value is -2.49. The van der Waals surface area contributed by atoms with Gasteiger partial charge in [-0.1, -0.05) is 198 Å². The van der Waals surface area contributed by atoms with Gasteiger partial charge < -0.3 is 78.0 Å². The van der Waals surface area contributed by atoms with Crippen molar-refractivity contribution in [2.75, 3.05) is 124 Å². The molecular formula is C89H170N7Na2O35S9-. The van der Waals surface area contributed by atoms with E-state index in [0.29, 0.717) is 148 Å². The van der Waals surface area contributed by atoms with E-state index in [-0.39, 0.29) is 190 Å². The van der Waals surface area contributed by atoms with Gasteiger partial charge in [-0.15, -0.1) is 5.41 Å². The molecule has 3 aromatic carbocycles. The van der Waals surface area contributed by atoms with E-state index in [1.54, 1.807) is 13.8 Å². The van der Waals surface area contributed by atoms with E-state index < -0.39 is 103 Å². The standard InChI is InChI=1S/C13H20O4S.C12H17NO4S.C12H19NO4S.C10H21NO3S.C9H20N2O4S.C9H21NO4S.C9H20O3S.C8H15O4S.C7H17NO4S.2Na.H2O/c14-11-13(8-4-5-9-18(15,16)17)10-12-6-2-1-3-7-12;14-11-8-9-4-1-2-5-10(9)12(11)13-6-3-7-18(15,16)17;1-10(13-7-2-8-18(15,16)17)12-5-3-11(9-14)4-6-12;12-15(13,14)9-5-4-8-11-10-6-2-1-3-7-10;1-7(2)8(9(10)12)6-11-4-3-5-16(13,14)15;1-8(2)9(7-11)6-10-4-3-5-15(12,13)14;1-3-9(2)7-5-4-6-8-13(10,11)12;1-8(2,7-9)5-3-4-6-13(10,11)12;1-7(3-5-9)8-4-2-6-13(10,11)12;;;/h1-3,6-7,13-14H,4-5,8-11H2,(H,15,16,17);1-2,4-5,11-14H,3,6-8H2,(H,15,16,17);3-6,10,13-14H,2,7-9H2,1H3,(H,15,16,17);10-11H,1-9H2,(H,12,13,14);7-8,11H,3-6H2,1-2H3,(H2,10,12)(H,13,14,15);8-11H,3-7H2,1-2H3,(H,12,13,14);9H,3-8H2,1-2H3,(H,10,11,12);3-6H2,1-2H3,(H,10,11,12);7-9H,2-6H2,1H3,(H,10,11,12);;;1H2/q;;;;;;;-1;;2*+1;/p-2/t13-;11-,12?;10-;;;9-;;;;;;/m001..1....../s1. The van der Waals surface area contributed by atoms with Crippen LogP contribution in [0.3, 0.4) is 0 Å². The molecule has 1 fully saturated rings. The smallest absolute Gasteiger partial charge is 0.870 e. The Kier molecular flexibility index (Phi) is 91.3. The van der Waals surface area contributed by atoms with Crippen LogP contribution in [0.2, 0.25) is 0 Å². The molecule has 0 radical (unpaired) electrons. The molecule has 2 aliphatic carbocycles. The van der Waals surface area contributed by atoms with Crippen LogP contribution in [0.5, 0.6) is 0 Å². The minimum Gasteiger partial charge on any atom is -0.870 e. The number of hydrogen-bond donors (Lipinski definition) is 20. The van der Waals surface area contributed by atoms with E-state index in [1.165, 1.54) is 44.1 Å². The Balaban J connectivity index is -0.000000289. The fourth-order valence-electron chi connectivity index (χ4n) is 13.3. The summed E-state index contributed by atoms with van der Waals surface area (Å²) in [6.45, 7) is 24.3. The number of amides is 1. The van der Waals surface area contributed by atoms with E-state index >= 15 is 0 Å². The van der Waals surface area contributed by atoms with Crippen LogP contribution in [0.4, 0.5) is 0 Å². The maximum absolute atomic E-state index is 11.0. The molecule has 8 atom stereocenters. The van der Waals surface area contributed by atoms with Crippen molar-refractivity contribution in [3.63, 3.8) is 0 Å². The summed E-state index contributed by atoms with van der Waals surface area (Å²) in [7, 11) is -34.7. The first kappa shape index (κ1) is 152. The Morgan fingerprint density at radius 1 is 0.472 bits per heavy atom. The Morgan fingerprint density at radius 3 is 1.32 bits per heavy atom. The summed E-state index contributed by atoms with van der Waals surface area (Å²) in [6, 6.07) is 26.0. The van der Waals surface area contributed by atoms with Crippen molar-refractivity contribution >= 4 is 103 Å². The zero-order valence-electron chi connectivity index (χ0n) is 85.2. The molecule has 0 bridgehead atoms. The second-order valence-electron chi connectivity index (χ2n) is 36.0. The van der Waals surface area contributed by atoms with Gasteiger partial charge in [0.2, 0.25) is 5.91 Å². The second kappa shape index (κ2) is 85.0. The third-order valence-corrected chi connectivity index (χ3v) is 29.1. The first-order valence-corrected chi connectivity index (χ1v) is 61.6. The van der Waals surface area contributed by atoms with Gasteiger partial charge in [-0.05, 0) is 207 Å². The molecule has 1 saturated carbocycles. The van der Waals surface area contributed by atoms with Crippen LogP contribution in [0.15, 0.2) is 78.9 Å². The number of carbonyl (C=O) groups is 1. The number of benzene rings is 3. The summed E-state index contributed by atoms with van der Waals surface area (Å²) in [4.78, 5) is 21.3. The van der Waals surface area contributed by atoms with Gasteiger partial charge in [0.15, 0.2) is 0 Å². The number of rotatable bonds is 62. The first-order valence-electron chi connectivity index (χ1n) is 47.2. The van der Waals surface area contributed by atoms with Crippen LogP contribution in [-0.4, -0.2) is 302 Å². The monoisotopic (exact) mass is 2230 g/mol. The fourth-order valence-corrected chi connectivity index (χ4v) is 18.1. The molecule has 142 heavy (non-hydrogen) atoms. The van der Waals surface area contributed by atoms with Gasteiger partial charge in [-0.25, -0.2) is 8.42 Å². The first-order chi connectivity index (χ1) is 64.3. The summed E-state index contributed by atoms with van der Waals surface area (Å²) < 4.78 is 266. The number of hydrogen-bond acceptors (Lipinski definition) is 33. The molecule has 3 aromatic rings. The average molecular weight is 2230 g/mol. The van der Waals surface area contributed by atoms with E-state index in [9.17, 15) is 100 Å². The van der Waals surface area contributed by atoms with Crippen LogP contribution in [0.1, 0.15) is 263 Å². The molecular weight excluding hydrogens is 2060 g/mol. The van der Waals surface area contributed by atoms with E-state index in [0.717, 1.165) is 73.2 Å². The molecule has 53 heteroatoms. The van der Waals surface area contributed by atoms with Crippen molar-refractivity contribution in [1.82, 2.24) is 31.9 Å². The SMILES string of the molecule is CC(C)([C-]=O)CCCCS(=O)(=O)[O-].CC(C)C(CNCCCS(=O)(=O)O)C(N)=O.CC(C)[C@@H](CO)CNCCCS(=O)(=O)O.CC(CCO)NCCCS(=O)(=O)O.CCC(C)CCCCCS(=O)(=O)O.C[C@@H](NCCCS(=O)(=O)O)c1ccc(CO)cc1.O=S(=O)(O)CCCCNC1CCCCC1.O=S(=O)(O)CCCC[C@H](CO)Cc1ccccc1.O=S(=O)(O)CCCNC1c2ccccc2C[C@@H]1O.[Na+].[Na+].[OH-]. The summed E-state index contributed by atoms with van der Waals surface area (Å²) in [5.74, 6) is -0.958. The number of fused-ring (bicyclic) bond motifs is 1. The number of aliphatic hydroxyl groups excluding tert-OH is 5. The molecule has 2 aliphatic rings. The average Bonchev–Trinajstić information content (AvgIpc) is 1.66. The normalized spacial score (nSPS) is 15.3. The van der Waals surface area contributed by atoms with Gasteiger partial charge in [0.05, 0.1) is 80.8 Å². The zero-order valence-corrected chi connectivity index (χ0v) is 96.5. The second-order valence-corrected chi connectivity index (χ2v) is 50.1. The van der Waals surface area contributed by atoms with Gasteiger partial charge >= 0.3 is 59.1 Å². The number of primary amides is 1. The molecule has 4 unspecified atom stereocenters. The van der Waals surface area contributed by atoms with Gasteiger partial charge in [0, 0.05) is 63.2 Å². The van der Waals surface area contributed by atoms with Crippen LogP contribution in [0, 0.1) is 40.9 Å². The minimum absolute atomic E-state index is 0. The Labute approximate surface area is 893 Å². The number of carbonyl (C=O) groups excluding carboxylic acids is 2. The summed E-state index contributed by atoms with van der Waals surface area (Å²) in [6.07, 6.45) is 21.2. The quantitative estimate of drug-likeness (QED) is 0.0165. The molecule has 22 N–H and O–H groups in total. The largest absolute Gasteiger partial charge is 1.00 e. The van der Waals surface area contributed by atoms with E-state index in [4.69, 9.17) is 57.5 Å². The van der Waals surface area contributed by atoms with Crippen molar-refractivity contribution in [2.45, 2.75) is 273 Å². The van der Waals surface area contributed by atoms with E-state index in [2.05, 4.69) is 45.7 Å². The molecule has 5 rings (SSSR count). The molecule has 0 heterocycles. The van der Waals surface area contributed by atoms with Crippen molar-refractivity contribution in [2.24, 2.45) is 46.7 Å². The Bertz CT molecular complexity index is 4780. The number of nitrogens with one attached hydrogen (secondary N) is 6. The maximum Gasteiger partial charge on any atom is 1.00 e. The maximum atomic E-state index is 11.0. The summed E-state index contributed by atoms with van der Waals surface area (Å²) in [5.41, 5.74) is 9.96. The topological polar surface area (TPSA) is 756 Å².